The van der Waals surface area contributed by atoms with Gasteiger partial charge in [-0.15, -0.1) is 0 Å². The Kier molecular flexibility index (Phi) is 35.7. The number of aldehydes is 1. The number of carbonyl (C=O) groups excluding carboxylic acids is 5. The predicted octanol–water partition coefficient (Wildman–Crippen LogP) is 3.14. The Labute approximate surface area is 294 Å². The second kappa shape index (κ2) is 35.4. The number of unbranched alkanes of at least 4 members (excludes halogenated alkanes) is 1. The summed E-state index contributed by atoms with van der Waals surface area (Å²) in [5.41, 5.74) is 6.31. The summed E-state index contributed by atoms with van der Waals surface area (Å²) in [5, 5.41) is 19.8. The average Bonchev–Trinajstić information content (AvgIpc) is 3.41. The van der Waals surface area contributed by atoms with Gasteiger partial charge in [-0.2, -0.15) is 0 Å². The molecule has 1 heterocycles. The number of nitrogens with two attached hydrogens (primary N) is 1. The maximum absolute atomic E-state index is 11.4. The molecule has 0 saturated heterocycles. The number of benzene rings is 1. The lowest BCUT2D eigenvalue weighted by Gasteiger charge is -2.17. The number of allylic oxidation sites excluding steroid dienone is 1. The summed E-state index contributed by atoms with van der Waals surface area (Å²) < 4.78 is 5.54. The van der Waals surface area contributed by atoms with Crippen LogP contribution in [-0.4, -0.2) is 93.9 Å². The van der Waals surface area contributed by atoms with E-state index in [0.29, 0.717) is 50.2 Å². The van der Waals surface area contributed by atoms with E-state index in [2.05, 4.69) is 68.2 Å². The van der Waals surface area contributed by atoms with Crippen LogP contribution in [0.4, 0.5) is 5.69 Å². The molecule has 1 aliphatic rings. The number of aliphatic hydroxyl groups excluding tert-OH is 1. The summed E-state index contributed by atoms with van der Waals surface area (Å²) in [5.74, 6) is 1.02. The fourth-order valence-electron chi connectivity index (χ4n) is 3.60. The molecule has 4 amide bonds. The van der Waals surface area contributed by atoms with Gasteiger partial charge in [0.2, 0.25) is 18.7 Å². The molecule has 1 aromatic rings. The maximum atomic E-state index is 11.4. The minimum Gasteiger partial charge on any atom is -0.392 e. The molecule has 0 aromatic heterocycles. The maximum Gasteiger partial charge on any atom is 0.251 e. The largest absolute Gasteiger partial charge is 0.392 e. The predicted molar refractivity (Wildman–Crippen MR) is 197 cm³/mol. The van der Waals surface area contributed by atoms with E-state index in [0.717, 1.165) is 49.3 Å². The number of hydrogen-bond acceptors (Lipinski definition) is 9. The molecule has 49 heavy (non-hydrogen) atoms. The van der Waals surface area contributed by atoms with Gasteiger partial charge in [0, 0.05) is 43.1 Å². The first-order valence-electron chi connectivity index (χ1n) is 16.8. The number of aliphatic hydroxyl groups is 1. The molecule has 0 saturated carbocycles. The Balaban J connectivity index is -0.000000622. The summed E-state index contributed by atoms with van der Waals surface area (Å²) in [6.45, 7) is 17.6. The number of amides is 4. The van der Waals surface area contributed by atoms with Gasteiger partial charge in [-0.25, -0.2) is 0 Å². The third-order valence-electron chi connectivity index (χ3n) is 6.99. The van der Waals surface area contributed by atoms with E-state index in [4.69, 9.17) is 14.6 Å². The van der Waals surface area contributed by atoms with Crippen LogP contribution in [0.2, 0.25) is 0 Å². The smallest absolute Gasteiger partial charge is 0.251 e. The van der Waals surface area contributed by atoms with Gasteiger partial charge in [-0.3, -0.25) is 19.2 Å². The van der Waals surface area contributed by atoms with Crippen LogP contribution in [0.15, 0.2) is 48.7 Å². The molecule has 0 fully saturated rings. The molecule has 2 rings (SSSR count). The Hall–Kier alpha value is -3.91. The fourth-order valence-corrected chi connectivity index (χ4v) is 3.60. The number of ether oxygens (including phenoxy) is 1. The van der Waals surface area contributed by atoms with Crippen molar-refractivity contribution in [2.24, 2.45) is 17.6 Å². The molecule has 0 bridgehead atoms. The molecular formula is C36H64N6O7. The van der Waals surface area contributed by atoms with Crippen LogP contribution in [0.3, 0.4) is 0 Å². The van der Waals surface area contributed by atoms with Gasteiger partial charge < -0.3 is 46.5 Å². The summed E-state index contributed by atoms with van der Waals surface area (Å²) >= 11 is 0. The van der Waals surface area contributed by atoms with Gasteiger partial charge in [-0.05, 0) is 82.4 Å². The highest BCUT2D eigenvalue weighted by molar-refractivity contribution is 5.93. The second-order valence-corrected chi connectivity index (χ2v) is 11.4. The lowest BCUT2D eigenvalue weighted by molar-refractivity contribution is -0.124. The zero-order valence-electron chi connectivity index (χ0n) is 30.8. The third-order valence-corrected chi connectivity index (χ3v) is 6.99. The van der Waals surface area contributed by atoms with E-state index in [1.54, 1.807) is 35.2 Å². The van der Waals surface area contributed by atoms with E-state index in [1.807, 2.05) is 14.1 Å². The average molecular weight is 693 g/mol. The van der Waals surface area contributed by atoms with Crippen molar-refractivity contribution >= 4 is 36.6 Å². The number of hydrogen-bond donors (Lipinski definition) is 6. The second-order valence-electron chi connectivity index (χ2n) is 11.4. The van der Waals surface area contributed by atoms with Crippen LogP contribution >= 0.6 is 0 Å². The highest BCUT2D eigenvalue weighted by Crippen LogP contribution is 2.13. The summed E-state index contributed by atoms with van der Waals surface area (Å²) in [6.07, 6.45) is 9.83. The van der Waals surface area contributed by atoms with Crippen LogP contribution in [0.25, 0.3) is 0 Å². The molecule has 2 unspecified atom stereocenters. The summed E-state index contributed by atoms with van der Waals surface area (Å²) in [4.78, 5) is 52.9. The van der Waals surface area contributed by atoms with Gasteiger partial charge in [0.25, 0.3) is 5.91 Å². The molecule has 0 radical (unpaired) electrons. The Morgan fingerprint density at radius 1 is 1.04 bits per heavy atom. The summed E-state index contributed by atoms with van der Waals surface area (Å²) in [7, 11) is 3.95. The normalized spacial score (nSPS) is 12.4. The summed E-state index contributed by atoms with van der Waals surface area (Å²) in [6, 6.07) is 7.44. The van der Waals surface area contributed by atoms with Gasteiger partial charge in [0.1, 0.15) is 6.29 Å². The van der Waals surface area contributed by atoms with Crippen molar-refractivity contribution in [3.05, 3.63) is 54.3 Å². The Morgan fingerprint density at radius 3 is 2.08 bits per heavy atom. The van der Waals surface area contributed by atoms with Gasteiger partial charge in [0.05, 0.1) is 19.8 Å². The Bertz CT molecular complexity index is 1020. The Morgan fingerprint density at radius 2 is 1.67 bits per heavy atom. The van der Waals surface area contributed by atoms with E-state index >= 15 is 0 Å². The molecule has 0 aliphatic carbocycles. The first-order chi connectivity index (χ1) is 23.4. The molecule has 13 heteroatoms. The minimum absolute atomic E-state index is 0.0177. The van der Waals surface area contributed by atoms with Gasteiger partial charge >= 0.3 is 0 Å². The van der Waals surface area contributed by atoms with Crippen molar-refractivity contribution in [2.75, 3.05) is 52.3 Å². The lowest BCUT2D eigenvalue weighted by atomic mass is 10.0. The fraction of sp³-hybridized carbons (Fsp3) is 0.583. The van der Waals surface area contributed by atoms with Crippen molar-refractivity contribution in [3.63, 3.8) is 0 Å². The number of nitrogens with zero attached hydrogens (tertiary/aromatic N) is 1. The number of nitrogens with one attached hydrogen (secondary N) is 4. The topological polar surface area (TPSA) is 192 Å². The van der Waals surface area contributed by atoms with Gasteiger partial charge in [-0.1, -0.05) is 52.8 Å². The van der Waals surface area contributed by atoms with Crippen molar-refractivity contribution in [2.45, 2.75) is 79.4 Å². The monoisotopic (exact) mass is 692 g/mol. The van der Waals surface area contributed by atoms with E-state index in [9.17, 15) is 19.2 Å². The number of rotatable bonds is 19. The molecule has 13 nitrogen and oxygen atoms in total. The highest BCUT2D eigenvalue weighted by Gasteiger charge is 2.17. The first kappa shape index (κ1) is 49.5. The molecule has 2 atom stereocenters. The zero-order valence-corrected chi connectivity index (χ0v) is 30.8. The van der Waals surface area contributed by atoms with Crippen LogP contribution in [0.5, 0.6) is 0 Å². The van der Waals surface area contributed by atoms with Crippen LogP contribution in [0, 0.1) is 11.8 Å². The lowest BCUT2D eigenvalue weighted by Crippen LogP contribution is -2.27. The molecular weight excluding hydrogens is 628 g/mol. The standard InChI is InChI=1S/C15H23NO3.C10H12N2O3.C6H15N.C4H11N.CH3NO/c1-13(5-3-4-10-17)8-11-19-12-9-16-14(2)6-7-15(16)18;13-6-8-1-3-9(4-2-8)12-10(15)5-11-7-14;1-5(2)6(3)7-4;1-3-4-5-2;2-1-3/h6-7,10,13H,2-5,8-9,11-12H2,1H3;1-4,7,13H,5-6H2,(H,11,14)(H,12,15);5-7H,1-4H3;5H,3-4H2,1-2H3;1H,(H2,2,3). The number of primary amides is 1. The third kappa shape index (κ3) is 31.1. The quantitative estimate of drug-likeness (QED) is 0.0934. The van der Waals surface area contributed by atoms with Crippen molar-refractivity contribution < 1.29 is 33.8 Å². The number of anilines is 1. The molecule has 280 valence electrons. The molecule has 0 spiro atoms. The van der Waals surface area contributed by atoms with Crippen molar-refractivity contribution in [3.8, 4) is 0 Å². The molecule has 7 N–H and O–H groups in total. The first-order valence-corrected chi connectivity index (χ1v) is 16.8. The number of carbonyl (C=O) groups is 5. The zero-order chi connectivity index (χ0) is 37.9. The van der Waals surface area contributed by atoms with Crippen molar-refractivity contribution in [1.82, 2.24) is 20.9 Å². The van der Waals surface area contributed by atoms with Crippen LogP contribution in [-0.2, 0) is 35.3 Å². The minimum atomic E-state index is -0.293. The highest BCUT2D eigenvalue weighted by atomic mass is 16.5. The molecule has 1 aliphatic heterocycles. The van der Waals surface area contributed by atoms with Crippen molar-refractivity contribution in [1.29, 1.82) is 0 Å². The van der Waals surface area contributed by atoms with Crippen LogP contribution in [0.1, 0.15) is 72.3 Å². The van der Waals surface area contributed by atoms with E-state index < -0.39 is 0 Å². The molecule has 1 aromatic carbocycles. The SMILES string of the molecule is C=C1C=CC(=O)N1CCOCCC(C)CCCC=O.CCCNC.CNC(C)C(C)C.NC=O.O=CNCC(=O)Nc1ccc(CO)cc1. The van der Waals surface area contributed by atoms with E-state index in [1.165, 1.54) is 12.5 Å². The van der Waals surface area contributed by atoms with Gasteiger partial charge in [0.15, 0.2) is 0 Å². The van der Waals surface area contributed by atoms with Crippen LogP contribution < -0.4 is 27.0 Å². The van der Waals surface area contributed by atoms with E-state index in [-0.39, 0.29) is 31.4 Å².